The highest BCUT2D eigenvalue weighted by molar-refractivity contribution is 5.90. The van der Waals surface area contributed by atoms with Crippen LogP contribution in [0.2, 0.25) is 0 Å². The molecular formula is C11H13N. The van der Waals surface area contributed by atoms with Crippen molar-refractivity contribution in [2.75, 3.05) is 0 Å². The van der Waals surface area contributed by atoms with Crippen molar-refractivity contribution in [3.8, 4) is 0 Å². The molecule has 0 aliphatic rings. The second kappa shape index (κ2) is 2.37. The van der Waals surface area contributed by atoms with Gasteiger partial charge in [-0.25, -0.2) is 0 Å². The van der Waals surface area contributed by atoms with Crippen molar-refractivity contribution in [3.05, 3.63) is 35.2 Å². The summed E-state index contributed by atoms with van der Waals surface area (Å²) in [4.78, 5) is 3.36. The van der Waals surface area contributed by atoms with Crippen LogP contribution in [0.1, 0.15) is 17.0 Å². The van der Waals surface area contributed by atoms with Gasteiger partial charge in [-0.05, 0) is 26.3 Å². The van der Waals surface area contributed by atoms with Gasteiger partial charge in [0.15, 0.2) is 0 Å². The number of H-pyrrole nitrogens is 1. The minimum Gasteiger partial charge on any atom is -0.362 e. The van der Waals surface area contributed by atoms with E-state index in [1.54, 1.807) is 0 Å². The number of hydrogen-bond acceptors (Lipinski definition) is 0. The number of aromatic nitrogens is 1. The summed E-state index contributed by atoms with van der Waals surface area (Å²) in [6.07, 6.45) is 0. The topological polar surface area (TPSA) is 15.8 Å². The average Bonchev–Trinajstić information content (AvgIpc) is 2.29. The molecule has 1 heteroatoms. The Hall–Kier alpha value is -1.24. The first-order chi connectivity index (χ1) is 5.70. The fourth-order valence-electron chi connectivity index (χ4n) is 1.89. The van der Waals surface area contributed by atoms with Crippen LogP contribution in [0.4, 0.5) is 0 Å². The number of aryl methyl sites for hydroxylation is 3. The van der Waals surface area contributed by atoms with Gasteiger partial charge in [-0.15, -0.1) is 0 Å². The van der Waals surface area contributed by atoms with E-state index < -0.39 is 0 Å². The number of hydrogen-bond donors (Lipinski definition) is 1. The summed E-state index contributed by atoms with van der Waals surface area (Å²) in [5.74, 6) is 0. The minimum absolute atomic E-state index is 1.27. The van der Waals surface area contributed by atoms with Crippen molar-refractivity contribution in [2.24, 2.45) is 0 Å². The van der Waals surface area contributed by atoms with Gasteiger partial charge < -0.3 is 4.98 Å². The molecule has 1 aromatic heterocycles. The lowest BCUT2D eigenvalue weighted by molar-refractivity contribution is 1.20. The Kier molecular flexibility index (Phi) is 1.47. The highest BCUT2D eigenvalue weighted by atomic mass is 14.7. The first-order valence-corrected chi connectivity index (χ1v) is 4.24. The minimum atomic E-state index is 1.27. The zero-order chi connectivity index (χ0) is 8.72. The Morgan fingerprint density at radius 2 is 1.75 bits per heavy atom. The fourth-order valence-corrected chi connectivity index (χ4v) is 1.89. The van der Waals surface area contributed by atoms with E-state index in [4.69, 9.17) is 0 Å². The van der Waals surface area contributed by atoms with Gasteiger partial charge in [-0.3, -0.25) is 0 Å². The van der Waals surface area contributed by atoms with E-state index >= 15 is 0 Å². The third-order valence-electron chi connectivity index (χ3n) is 2.43. The van der Waals surface area contributed by atoms with Gasteiger partial charge in [0.25, 0.3) is 0 Å². The Balaban J connectivity index is 2.99. The van der Waals surface area contributed by atoms with Gasteiger partial charge in [-0.1, -0.05) is 18.2 Å². The third-order valence-corrected chi connectivity index (χ3v) is 2.43. The molecular weight excluding hydrogens is 146 g/mol. The van der Waals surface area contributed by atoms with Gasteiger partial charge in [0, 0.05) is 22.2 Å². The van der Waals surface area contributed by atoms with E-state index in [1.807, 2.05) is 0 Å². The largest absolute Gasteiger partial charge is 0.362 e. The molecule has 0 radical (unpaired) electrons. The summed E-state index contributed by atoms with van der Waals surface area (Å²) in [6, 6.07) is 6.43. The van der Waals surface area contributed by atoms with E-state index in [9.17, 15) is 0 Å². The Bertz CT molecular complexity index is 424. The van der Waals surface area contributed by atoms with Gasteiger partial charge in [0.1, 0.15) is 0 Å². The molecule has 0 aliphatic heterocycles. The zero-order valence-corrected chi connectivity index (χ0v) is 7.73. The van der Waals surface area contributed by atoms with Crippen molar-refractivity contribution in [2.45, 2.75) is 20.8 Å². The molecule has 0 saturated carbocycles. The molecule has 0 aliphatic carbocycles. The van der Waals surface area contributed by atoms with Crippen LogP contribution in [0.15, 0.2) is 18.2 Å². The normalized spacial score (nSPS) is 10.9. The third kappa shape index (κ3) is 0.860. The van der Waals surface area contributed by atoms with E-state index in [1.165, 1.54) is 27.7 Å². The van der Waals surface area contributed by atoms with Crippen molar-refractivity contribution < 1.29 is 0 Å². The van der Waals surface area contributed by atoms with Crippen LogP contribution >= 0.6 is 0 Å². The number of benzene rings is 1. The Morgan fingerprint density at radius 3 is 2.42 bits per heavy atom. The van der Waals surface area contributed by atoms with Crippen LogP contribution < -0.4 is 0 Å². The maximum atomic E-state index is 3.36. The lowest BCUT2D eigenvalue weighted by atomic mass is 10.1. The van der Waals surface area contributed by atoms with Gasteiger partial charge in [-0.2, -0.15) is 0 Å². The quantitative estimate of drug-likeness (QED) is 0.608. The highest BCUT2D eigenvalue weighted by Crippen LogP contribution is 2.24. The van der Waals surface area contributed by atoms with Gasteiger partial charge in [0.2, 0.25) is 0 Å². The maximum Gasteiger partial charge on any atom is 0.0200 e. The molecule has 1 heterocycles. The van der Waals surface area contributed by atoms with Crippen LogP contribution in [0, 0.1) is 20.8 Å². The fraction of sp³-hybridized carbons (Fsp3) is 0.273. The van der Waals surface area contributed by atoms with Gasteiger partial charge in [0.05, 0.1) is 0 Å². The molecule has 0 bridgehead atoms. The van der Waals surface area contributed by atoms with Crippen LogP contribution in [0.3, 0.4) is 0 Å². The summed E-state index contributed by atoms with van der Waals surface area (Å²) in [7, 11) is 0. The lowest BCUT2D eigenvalue weighted by Crippen LogP contribution is -1.75. The van der Waals surface area contributed by atoms with Crippen molar-refractivity contribution in [3.63, 3.8) is 0 Å². The lowest BCUT2D eigenvalue weighted by Gasteiger charge is -1.96. The number of fused-ring (bicyclic) bond motifs is 1. The molecule has 62 valence electrons. The molecule has 0 saturated heterocycles. The maximum absolute atomic E-state index is 3.36. The number of nitrogens with one attached hydrogen (secondary N) is 1. The SMILES string of the molecule is Cc1[nH]c(C)c2c(C)cccc12. The molecule has 0 spiro atoms. The number of aromatic amines is 1. The molecule has 0 fully saturated rings. The summed E-state index contributed by atoms with van der Waals surface area (Å²) >= 11 is 0. The van der Waals surface area contributed by atoms with Crippen molar-refractivity contribution in [1.82, 2.24) is 4.98 Å². The van der Waals surface area contributed by atoms with Crippen LogP contribution in [0.25, 0.3) is 10.8 Å². The molecule has 2 rings (SSSR count). The molecule has 1 aromatic carbocycles. The molecule has 2 aromatic rings. The van der Waals surface area contributed by atoms with Crippen LogP contribution in [-0.4, -0.2) is 4.98 Å². The molecule has 12 heavy (non-hydrogen) atoms. The monoisotopic (exact) mass is 159 g/mol. The second-order valence-corrected chi connectivity index (χ2v) is 3.37. The summed E-state index contributed by atoms with van der Waals surface area (Å²) < 4.78 is 0. The molecule has 1 N–H and O–H groups in total. The summed E-state index contributed by atoms with van der Waals surface area (Å²) in [5, 5.41) is 2.74. The van der Waals surface area contributed by atoms with E-state index in [0.717, 1.165) is 0 Å². The first kappa shape index (κ1) is 7.41. The highest BCUT2D eigenvalue weighted by Gasteiger charge is 2.04. The second-order valence-electron chi connectivity index (χ2n) is 3.37. The van der Waals surface area contributed by atoms with Crippen LogP contribution in [-0.2, 0) is 0 Å². The van der Waals surface area contributed by atoms with Crippen molar-refractivity contribution >= 4 is 10.8 Å². The molecule has 0 atom stereocenters. The van der Waals surface area contributed by atoms with E-state index in [-0.39, 0.29) is 0 Å². The molecule has 0 unspecified atom stereocenters. The number of rotatable bonds is 0. The van der Waals surface area contributed by atoms with E-state index in [2.05, 4.69) is 44.0 Å². The summed E-state index contributed by atoms with van der Waals surface area (Å²) in [5.41, 5.74) is 3.90. The summed E-state index contributed by atoms with van der Waals surface area (Å²) in [6.45, 7) is 6.40. The molecule has 1 nitrogen and oxygen atoms in total. The average molecular weight is 159 g/mol. The standard InChI is InChI=1S/C11H13N/c1-7-5-4-6-10-8(2)12-9(3)11(7)10/h4-6,12H,1-3H3. The predicted octanol–water partition coefficient (Wildman–Crippen LogP) is 3.09. The van der Waals surface area contributed by atoms with Gasteiger partial charge >= 0.3 is 0 Å². The first-order valence-electron chi connectivity index (χ1n) is 4.24. The predicted molar refractivity (Wildman–Crippen MR) is 52.5 cm³/mol. The Labute approximate surface area is 72.4 Å². The molecule has 0 amide bonds. The van der Waals surface area contributed by atoms with Crippen LogP contribution in [0.5, 0.6) is 0 Å². The smallest absolute Gasteiger partial charge is 0.0200 e. The van der Waals surface area contributed by atoms with E-state index in [0.29, 0.717) is 0 Å². The van der Waals surface area contributed by atoms with Crippen molar-refractivity contribution in [1.29, 1.82) is 0 Å². The zero-order valence-electron chi connectivity index (χ0n) is 7.73. The Morgan fingerprint density at radius 1 is 1.00 bits per heavy atom.